The quantitative estimate of drug-likeness (QED) is 0.669. The molecule has 5 heteroatoms. The molecule has 1 N–H and O–H groups in total. The van der Waals surface area contributed by atoms with Crippen LogP contribution in [0.1, 0.15) is 19.3 Å². The molecule has 0 unspecified atom stereocenters. The van der Waals surface area contributed by atoms with Crippen molar-refractivity contribution in [2.24, 2.45) is 0 Å². The SMILES string of the molecule is CSC1(CNCCCS(C)(=O)=O)CC1. The molecule has 0 amide bonds. The zero-order valence-electron chi connectivity index (χ0n) is 8.88. The molecule has 14 heavy (non-hydrogen) atoms. The summed E-state index contributed by atoms with van der Waals surface area (Å²) >= 11 is 1.92. The van der Waals surface area contributed by atoms with E-state index in [9.17, 15) is 8.42 Å². The Morgan fingerprint density at radius 1 is 1.43 bits per heavy atom. The lowest BCUT2D eigenvalue weighted by molar-refractivity contribution is 0.593. The fourth-order valence-electron chi connectivity index (χ4n) is 1.37. The Kier molecular flexibility index (Phi) is 4.28. The van der Waals surface area contributed by atoms with Gasteiger partial charge in [-0.2, -0.15) is 11.8 Å². The summed E-state index contributed by atoms with van der Waals surface area (Å²) < 4.78 is 22.1. The first-order valence-electron chi connectivity index (χ1n) is 4.91. The third-order valence-corrected chi connectivity index (χ3v) is 5.01. The minimum absolute atomic E-state index is 0.298. The molecule has 0 aromatic carbocycles. The van der Waals surface area contributed by atoms with Gasteiger partial charge in [-0.1, -0.05) is 0 Å². The van der Waals surface area contributed by atoms with E-state index in [-0.39, 0.29) is 0 Å². The first kappa shape index (κ1) is 12.3. The third-order valence-electron chi connectivity index (χ3n) is 2.56. The molecule has 0 heterocycles. The number of hydrogen-bond acceptors (Lipinski definition) is 4. The van der Waals surface area contributed by atoms with Gasteiger partial charge in [0, 0.05) is 17.5 Å². The van der Waals surface area contributed by atoms with Gasteiger partial charge in [-0.15, -0.1) is 0 Å². The van der Waals surface area contributed by atoms with Crippen LogP contribution in [-0.2, 0) is 9.84 Å². The average molecular weight is 237 g/mol. The van der Waals surface area contributed by atoms with Gasteiger partial charge in [-0.05, 0) is 32.1 Å². The second kappa shape index (κ2) is 4.86. The summed E-state index contributed by atoms with van der Waals surface area (Å²) in [5.41, 5.74) is 0. The van der Waals surface area contributed by atoms with Gasteiger partial charge in [0.1, 0.15) is 9.84 Å². The second-order valence-corrected chi connectivity index (χ2v) is 7.58. The minimum atomic E-state index is -2.78. The number of rotatable bonds is 7. The Morgan fingerprint density at radius 2 is 2.07 bits per heavy atom. The van der Waals surface area contributed by atoms with E-state index in [1.165, 1.54) is 19.1 Å². The molecule has 1 aliphatic rings. The van der Waals surface area contributed by atoms with Crippen molar-refractivity contribution < 1.29 is 8.42 Å². The van der Waals surface area contributed by atoms with Gasteiger partial charge in [0.2, 0.25) is 0 Å². The summed E-state index contributed by atoms with van der Waals surface area (Å²) in [7, 11) is -2.78. The van der Waals surface area contributed by atoms with E-state index in [0.29, 0.717) is 10.5 Å². The Bertz CT molecular complexity index is 271. The van der Waals surface area contributed by atoms with Crippen molar-refractivity contribution in [2.75, 3.05) is 31.4 Å². The Hall–Kier alpha value is 0.260. The van der Waals surface area contributed by atoms with Crippen molar-refractivity contribution in [2.45, 2.75) is 24.0 Å². The van der Waals surface area contributed by atoms with Gasteiger partial charge in [-0.25, -0.2) is 8.42 Å². The Labute approximate surface area is 91.0 Å². The van der Waals surface area contributed by atoms with Gasteiger partial charge < -0.3 is 5.32 Å². The molecule has 0 saturated heterocycles. The summed E-state index contributed by atoms with van der Waals surface area (Å²) in [6, 6.07) is 0. The lowest BCUT2D eigenvalue weighted by Crippen LogP contribution is -2.27. The first-order valence-corrected chi connectivity index (χ1v) is 8.20. The third kappa shape index (κ3) is 4.66. The molecule has 0 atom stereocenters. The van der Waals surface area contributed by atoms with Crippen molar-refractivity contribution in [1.29, 1.82) is 0 Å². The number of hydrogen-bond donors (Lipinski definition) is 1. The van der Waals surface area contributed by atoms with Crippen LogP contribution in [0.25, 0.3) is 0 Å². The van der Waals surface area contributed by atoms with Gasteiger partial charge >= 0.3 is 0 Å². The summed E-state index contributed by atoms with van der Waals surface area (Å²) in [5.74, 6) is 0.298. The van der Waals surface area contributed by atoms with E-state index in [1.807, 2.05) is 11.8 Å². The van der Waals surface area contributed by atoms with Gasteiger partial charge in [0.25, 0.3) is 0 Å². The highest BCUT2D eigenvalue weighted by Crippen LogP contribution is 2.46. The van der Waals surface area contributed by atoms with Crippen LogP contribution in [-0.4, -0.2) is 44.5 Å². The normalized spacial score (nSPS) is 19.6. The van der Waals surface area contributed by atoms with E-state index < -0.39 is 9.84 Å². The monoisotopic (exact) mass is 237 g/mol. The topological polar surface area (TPSA) is 46.2 Å². The molecule has 1 rings (SSSR count). The van der Waals surface area contributed by atoms with Crippen LogP contribution in [0.15, 0.2) is 0 Å². The van der Waals surface area contributed by atoms with Crippen LogP contribution in [0.3, 0.4) is 0 Å². The molecule has 0 aromatic rings. The standard InChI is InChI=1S/C9H19NO2S2/c1-13-9(4-5-9)8-10-6-3-7-14(2,11)12/h10H,3-8H2,1-2H3. The number of nitrogens with one attached hydrogen (secondary N) is 1. The minimum Gasteiger partial charge on any atom is -0.315 e. The zero-order valence-corrected chi connectivity index (χ0v) is 10.5. The maximum absolute atomic E-state index is 10.8. The highest BCUT2D eigenvalue weighted by atomic mass is 32.2. The van der Waals surface area contributed by atoms with Crippen molar-refractivity contribution in [3.8, 4) is 0 Å². The molecule has 1 aliphatic carbocycles. The number of thioether (sulfide) groups is 1. The van der Waals surface area contributed by atoms with E-state index in [4.69, 9.17) is 0 Å². The van der Waals surface area contributed by atoms with Gasteiger partial charge in [-0.3, -0.25) is 0 Å². The predicted octanol–water partition coefficient (Wildman–Crippen LogP) is 0.906. The van der Waals surface area contributed by atoms with Crippen LogP contribution in [0.2, 0.25) is 0 Å². The average Bonchev–Trinajstić information content (AvgIpc) is 2.83. The van der Waals surface area contributed by atoms with E-state index in [2.05, 4.69) is 11.6 Å². The van der Waals surface area contributed by atoms with Gasteiger partial charge in [0.05, 0.1) is 5.75 Å². The van der Waals surface area contributed by atoms with Crippen molar-refractivity contribution in [3.63, 3.8) is 0 Å². The zero-order chi connectivity index (χ0) is 10.7. The fraction of sp³-hybridized carbons (Fsp3) is 1.00. The molecule has 0 aromatic heterocycles. The molecule has 0 aliphatic heterocycles. The van der Waals surface area contributed by atoms with Crippen molar-refractivity contribution in [1.82, 2.24) is 5.32 Å². The molecule has 3 nitrogen and oxygen atoms in total. The molecule has 0 bridgehead atoms. The summed E-state index contributed by atoms with van der Waals surface area (Å²) in [5, 5.41) is 3.33. The molecule has 1 saturated carbocycles. The lowest BCUT2D eigenvalue weighted by Gasteiger charge is -2.12. The van der Waals surface area contributed by atoms with Crippen LogP contribution < -0.4 is 5.32 Å². The second-order valence-electron chi connectivity index (χ2n) is 4.05. The smallest absolute Gasteiger partial charge is 0.147 e. The summed E-state index contributed by atoms with van der Waals surface area (Å²) in [4.78, 5) is 0. The van der Waals surface area contributed by atoms with E-state index >= 15 is 0 Å². The summed E-state index contributed by atoms with van der Waals surface area (Å²) in [6.45, 7) is 1.84. The largest absolute Gasteiger partial charge is 0.315 e. The molecular weight excluding hydrogens is 218 g/mol. The summed E-state index contributed by atoms with van der Waals surface area (Å²) in [6.07, 6.45) is 6.76. The molecule has 84 valence electrons. The fourth-order valence-corrected chi connectivity index (χ4v) is 2.79. The van der Waals surface area contributed by atoms with Crippen molar-refractivity contribution in [3.05, 3.63) is 0 Å². The maximum Gasteiger partial charge on any atom is 0.147 e. The first-order chi connectivity index (χ1) is 6.47. The van der Waals surface area contributed by atoms with Crippen molar-refractivity contribution >= 4 is 21.6 Å². The lowest BCUT2D eigenvalue weighted by atomic mass is 10.4. The maximum atomic E-state index is 10.8. The van der Waals surface area contributed by atoms with Gasteiger partial charge in [0.15, 0.2) is 0 Å². The van der Waals surface area contributed by atoms with Crippen LogP contribution in [0.5, 0.6) is 0 Å². The van der Waals surface area contributed by atoms with Crippen LogP contribution in [0.4, 0.5) is 0 Å². The molecular formula is C9H19NO2S2. The van der Waals surface area contributed by atoms with Crippen LogP contribution >= 0.6 is 11.8 Å². The molecule has 0 radical (unpaired) electrons. The Balaban J connectivity index is 2.00. The molecule has 0 spiro atoms. The Morgan fingerprint density at radius 3 is 2.50 bits per heavy atom. The predicted molar refractivity (Wildman–Crippen MR) is 62.7 cm³/mol. The highest BCUT2D eigenvalue weighted by Gasteiger charge is 2.41. The number of sulfone groups is 1. The highest BCUT2D eigenvalue weighted by molar-refractivity contribution is 8.00. The van der Waals surface area contributed by atoms with Crippen LogP contribution in [0, 0.1) is 0 Å². The molecule has 1 fully saturated rings. The van der Waals surface area contributed by atoms with E-state index in [1.54, 1.807) is 0 Å². The van der Waals surface area contributed by atoms with E-state index in [0.717, 1.165) is 19.5 Å².